The van der Waals surface area contributed by atoms with E-state index in [0.717, 1.165) is 71.6 Å². The van der Waals surface area contributed by atoms with Gasteiger partial charge in [0.1, 0.15) is 11.2 Å². The zero-order valence-electron chi connectivity index (χ0n) is 29.0. The second-order valence-corrected chi connectivity index (χ2v) is 14.0. The zero-order chi connectivity index (χ0) is 35.3. The largest absolute Gasteiger partial charge is 0.455 e. The second-order valence-electron chi connectivity index (χ2n) is 14.0. The van der Waals surface area contributed by atoms with E-state index in [9.17, 15) is 0 Å². The van der Waals surface area contributed by atoms with E-state index in [1.807, 2.05) is 12.1 Å². The molecule has 12 rings (SSSR count). The summed E-state index contributed by atoms with van der Waals surface area (Å²) in [7, 11) is 0. The first-order chi connectivity index (χ1) is 26.8. The van der Waals surface area contributed by atoms with Crippen molar-refractivity contribution >= 4 is 87.0 Å². The van der Waals surface area contributed by atoms with Gasteiger partial charge in [0.2, 0.25) is 5.95 Å². The molecule has 0 saturated carbocycles. The summed E-state index contributed by atoms with van der Waals surface area (Å²) >= 11 is 0. The molecule has 0 radical (unpaired) electrons. The van der Waals surface area contributed by atoms with Gasteiger partial charge in [-0.2, -0.15) is 0 Å². The molecule has 0 spiro atoms. The van der Waals surface area contributed by atoms with Gasteiger partial charge in [0.05, 0.1) is 22.2 Å². The smallest absolute Gasteiger partial charge is 0.235 e. The molecule has 54 heavy (non-hydrogen) atoms. The van der Waals surface area contributed by atoms with Gasteiger partial charge in [-0.1, -0.05) is 152 Å². The summed E-state index contributed by atoms with van der Waals surface area (Å²) in [5.74, 6) is 0.653. The van der Waals surface area contributed by atoms with Gasteiger partial charge in [0, 0.05) is 48.8 Å². The number of para-hydroxylation sites is 4. The lowest BCUT2D eigenvalue weighted by molar-refractivity contribution is 0.670. The zero-order valence-corrected chi connectivity index (χ0v) is 29.0. The average Bonchev–Trinajstić information content (AvgIpc) is 3.80. The van der Waals surface area contributed by atoms with Gasteiger partial charge in [-0.25, -0.2) is 9.97 Å². The maximum atomic E-state index is 6.62. The van der Waals surface area contributed by atoms with Gasteiger partial charge in [-0.3, -0.25) is 4.57 Å². The average molecular weight is 688 g/mol. The number of fused-ring (bicyclic) bond motifs is 14. The minimum absolute atomic E-state index is 0.653. The molecule has 0 aliphatic heterocycles. The SMILES string of the molecule is c1ccc(-c2nc(-n3c4ccccc4c4c5c6ccccc6c(-c6cccc7c6oc6ccccc67)cc5c5ccccc5c43)nc3ccccc23)cc1. The molecule has 0 aliphatic carbocycles. The summed E-state index contributed by atoms with van der Waals surface area (Å²) in [6.07, 6.45) is 0. The lowest BCUT2D eigenvalue weighted by atomic mass is 9.88. The topological polar surface area (TPSA) is 43.9 Å². The maximum absolute atomic E-state index is 6.62. The Hall–Kier alpha value is -7.30. The van der Waals surface area contributed by atoms with E-state index in [1.165, 1.54) is 37.7 Å². The van der Waals surface area contributed by atoms with E-state index in [0.29, 0.717) is 5.95 Å². The van der Waals surface area contributed by atoms with Crippen molar-refractivity contribution in [2.75, 3.05) is 0 Å². The van der Waals surface area contributed by atoms with Gasteiger partial charge in [0.15, 0.2) is 0 Å². The standard InChI is InChI=1S/C50H29N3O/c1-2-15-30(16-3-1)47-38-22-8-11-26-42(38)51-50(52-47)53-43-27-12-9-23-39(43)46-45-34-20-6-4-17-31(34)40(29-41(45)32-18-5-7-21-35(32)48(46)53)37-25-14-24-36-33-19-10-13-28-44(33)54-49(36)37/h1-29H. The van der Waals surface area contributed by atoms with E-state index in [1.54, 1.807) is 0 Å². The Balaban J connectivity index is 1.26. The van der Waals surface area contributed by atoms with Crippen LogP contribution in [-0.2, 0) is 0 Å². The first-order valence-electron chi connectivity index (χ1n) is 18.3. The Morgan fingerprint density at radius 2 is 1.06 bits per heavy atom. The lowest BCUT2D eigenvalue weighted by Gasteiger charge is -2.16. The van der Waals surface area contributed by atoms with Gasteiger partial charge >= 0.3 is 0 Å². The quantitative estimate of drug-likeness (QED) is 0.174. The highest BCUT2D eigenvalue weighted by atomic mass is 16.3. The van der Waals surface area contributed by atoms with E-state index in [2.05, 4.69) is 168 Å². The molecule has 9 aromatic carbocycles. The Bertz CT molecular complexity index is 3500. The van der Waals surface area contributed by atoms with Crippen LogP contribution in [-0.4, -0.2) is 14.5 Å². The third kappa shape index (κ3) is 4.02. The molecule has 0 amide bonds. The molecule has 4 heteroatoms. The van der Waals surface area contributed by atoms with Crippen LogP contribution in [0.1, 0.15) is 0 Å². The van der Waals surface area contributed by atoms with E-state index in [-0.39, 0.29) is 0 Å². The number of benzene rings is 9. The van der Waals surface area contributed by atoms with Crippen LogP contribution in [0.5, 0.6) is 0 Å². The maximum Gasteiger partial charge on any atom is 0.235 e. The Kier molecular flexibility index (Phi) is 6.02. The Labute approximate surface area is 309 Å². The first-order valence-corrected chi connectivity index (χ1v) is 18.3. The van der Waals surface area contributed by atoms with Crippen molar-refractivity contribution in [1.29, 1.82) is 0 Å². The molecule has 0 saturated heterocycles. The summed E-state index contributed by atoms with van der Waals surface area (Å²) in [5, 5.41) is 12.8. The van der Waals surface area contributed by atoms with Crippen molar-refractivity contribution in [2.24, 2.45) is 0 Å². The summed E-state index contributed by atoms with van der Waals surface area (Å²) in [4.78, 5) is 10.7. The van der Waals surface area contributed by atoms with E-state index >= 15 is 0 Å². The Morgan fingerprint density at radius 3 is 1.91 bits per heavy atom. The van der Waals surface area contributed by atoms with Crippen LogP contribution >= 0.6 is 0 Å². The number of hydrogen-bond acceptors (Lipinski definition) is 3. The van der Waals surface area contributed by atoms with Crippen LogP contribution < -0.4 is 0 Å². The minimum Gasteiger partial charge on any atom is -0.455 e. The van der Waals surface area contributed by atoms with Crippen molar-refractivity contribution < 1.29 is 4.42 Å². The highest BCUT2D eigenvalue weighted by Gasteiger charge is 2.24. The van der Waals surface area contributed by atoms with Crippen LogP contribution in [0, 0.1) is 0 Å². The van der Waals surface area contributed by atoms with Crippen LogP contribution in [0.4, 0.5) is 0 Å². The van der Waals surface area contributed by atoms with Crippen LogP contribution in [0.3, 0.4) is 0 Å². The molecule has 250 valence electrons. The Morgan fingerprint density at radius 1 is 0.407 bits per heavy atom. The van der Waals surface area contributed by atoms with Crippen molar-refractivity contribution in [1.82, 2.24) is 14.5 Å². The third-order valence-electron chi connectivity index (χ3n) is 11.2. The predicted molar refractivity (Wildman–Crippen MR) is 225 cm³/mol. The molecule has 0 fully saturated rings. The third-order valence-corrected chi connectivity index (χ3v) is 11.2. The van der Waals surface area contributed by atoms with Crippen LogP contribution in [0.15, 0.2) is 180 Å². The summed E-state index contributed by atoms with van der Waals surface area (Å²) in [5.41, 5.74) is 9.11. The van der Waals surface area contributed by atoms with Gasteiger partial charge < -0.3 is 4.42 Å². The molecule has 0 atom stereocenters. The van der Waals surface area contributed by atoms with Crippen molar-refractivity contribution in [3.63, 3.8) is 0 Å². The summed E-state index contributed by atoms with van der Waals surface area (Å²) in [6, 6.07) is 62.3. The van der Waals surface area contributed by atoms with Crippen molar-refractivity contribution in [2.45, 2.75) is 0 Å². The highest BCUT2D eigenvalue weighted by molar-refractivity contribution is 6.38. The fraction of sp³-hybridized carbons (Fsp3) is 0. The van der Waals surface area contributed by atoms with Crippen molar-refractivity contribution in [3.05, 3.63) is 176 Å². The number of aromatic nitrogens is 3. The molecule has 3 aromatic heterocycles. The normalized spacial score (nSPS) is 12.1. The van der Waals surface area contributed by atoms with Crippen molar-refractivity contribution in [3.8, 4) is 28.3 Å². The summed E-state index contributed by atoms with van der Waals surface area (Å²) in [6.45, 7) is 0. The van der Waals surface area contributed by atoms with Gasteiger partial charge in [-0.05, 0) is 51.4 Å². The predicted octanol–water partition coefficient (Wildman–Crippen LogP) is 13.4. The highest BCUT2D eigenvalue weighted by Crippen LogP contribution is 2.48. The number of furan rings is 1. The number of nitrogens with zero attached hydrogens (tertiary/aromatic N) is 3. The van der Waals surface area contributed by atoms with Gasteiger partial charge in [-0.15, -0.1) is 0 Å². The van der Waals surface area contributed by atoms with E-state index in [4.69, 9.17) is 14.4 Å². The fourth-order valence-corrected chi connectivity index (χ4v) is 8.90. The number of hydrogen-bond donors (Lipinski definition) is 0. The fourth-order valence-electron chi connectivity index (χ4n) is 8.90. The molecule has 3 heterocycles. The molecular formula is C50H29N3O. The van der Waals surface area contributed by atoms with Crippen LogP contribution in [0.25, 0.3) is 115 Å². The summed E-state index contributed by atoms with van der Waals surface area (Å²) < 4.78 is 8.92. The molecular weight excluding hydrogens is 659 g/mol. The number of rotatable bonds is 3. The van der Waals surface area contributed by atoms with Crippen LogP contribution in [0.2, 0.25) is 0 Å². The van der Waals surface area contributed by atoms with Gasteiger partial charge in [0.25, 0.3) is 0 Å². The second kappa shape index (κ2) is 11.1. The molecule has 0 bridgehead atoms. The monoisotopic (exact) mass is 687 g/mol. The lowest BCUT2D eigenvalue weighted by Crippen LogP contribution is -2.03. The molecule has 0 unspecified atom stereocenters. The minimum atomic E-state index is 0.653. The first kappa shape index (κ1) is 29.3. The molecule has 12 aromatic rings. The van der Waals surface area contributed by atoms with E-state index < -0.39 is 0 Å². The molecule has 4 nitrogen and oxygen atoms in total. The molecule has 0 N–H and O–H groups in total. The molecule has 0 aliphatic rings.